The van der Waals surface area contributed by atoms with Gasteiger partial charge in [-0.2, -0.15) is 0 Å². The molecule has 0 atom stereocenters. The molecule has 0 saturated carbocycles. The SMILES string of the molecule is Cc1nc(CC(=O)c2cccc(N(C)C)c2)cs1. The molecule has 1 heterocycles. The Bertz CT molecular complexity index is 560. The number of thiazole rings is 1. The molecule has 0 amide bonds. The van der Waals surface area contributed by atoms with Crippen LogP contribution in [0.1, 0.15) is 21.1 Å². The molecule has 4 heteroatoms. The van der Waals surface area contributed by atoms with E-state index in [9.17, 15) is 4.79 Å². The average molecular weight is 260 g/mol. The van der Waals surface area contributed by atoms with E-state index < -0.39 is 0 Å². The van der Waals surface area contributed by atoms with E-state index in [-0.39, 0.29) is 5.78 Å². The Kier molecular flexibility index (Phi) is 3.77. The first kappa shape index (κ1) is 12.8. The molecular weight excluding hydrogens is 244 g/mol. The molecule has 0 bridgehead atoms. The summed E-state index contributed by atoms with van der Waals surface area (Å²) in [5.41, 5.74) is 2.64. The van der Waals surface area contributed by atoms with Crippen LogP contribution in [0.5, 0.6) is 0 Å². The van der Waals surface area contributed by atoms with Gasteiger partial charge in [-0.05, 0) is 19.1 Å². The fourth-order valence-corrected chi connectivity index (χ4v) is 2.33. The van der Waals surface area contributed by atoms with Crippen molar-refractivity contribution in [1.82, 2.24) is 4.98 Å². The predicted octanol–water partition coefficient (Wildman–Crippen LogP) is 2.94. The molecule has 1 aromatic heterocycles. The van der Waals surface area contributed by atoms with Crippen molar-refractivity contribution < 1.29 is 4.79 Å². The maximum Gasteiger partial charge on any atom is 0.168 e. The summed E-state index contributed by atoms with van der Waals surface area (Å²) < 4.78 is 0. The van der Waals surface area contributed by atoms with Gasteiger partial charge in [0, 0.05) is 30.7 Å². The van der Waals surface area contributed by atoms with E-state index in [0.29, 0.717) is 6.42 Å². The van der Waals surface area contributed by atoms with Crippen LogP contribution in [0.3, 0.4) is 0 Å². The lowest BCUT2D eigenvalue weighted by atomic mass is 10.1. The monoisotopic (exact) mass is 260 g/mol. The third-order valence-electron chi connectivity index (χ3n) is 2.69. The van der Waals surface area contributed by atoms with E-state index in [2.05, 4.69) is 4.98 Å². The molecule has 0 spiro atoms. The molecule has 18 heavy (non-hydrogen) atoms. The molecular formula is C14H16N2OS. The summed E-state index contributed by atoms with van der Waals surface area (Å²) in [5.74, 6) is 0.115. The van der Waals surface area contributed by atoms with Gasteiger partial charge in [-0.25, -0.2) is 4.98 Å². The topological polar surface area (TPSA) is 33.2 Å². The Morgan fingerprint density at radius 2 is 2.17 bits per heavy atom. The number of carbonyl (C=O) groups is 1. The predicted molar refractivity (Wildman–Crippen MR) is 75.7 cm³/mol. The van der Waals surface area contributed by atoms with Gasteiger partial charge in [-0.15, -0.1) is 11.3 Å². The van der Waals surface area contributed by atoms with E-state index in [1.54, 1.807) is 11.3 Å². The van der Waals surface area contributed by atoms with Gasteiger partial charge in [0.2, 0.25) is 0 Å². The molecule has 0 aliphatic heterocycles. The molecule has 0 N–H and O–H groups in total. The van der Waals surface area contributed by atoms with Crippen LogP contribution >= 0.6 is 11.3 Å². The van der Waals surface area contributed by atoms with Crippen molar-refractivity contribution in [3.05, 3.63) is 45.9 Å². The summed E-state index contributed by atoms with van der Waals surface area (Å²) in [5, 5.41) is 2.95. The van der Waals surface area contributed by atoms with Crippen LogP contribution < -0.4 is 4.90 Å². The lowest BCUT2D eigenvalue weighted by molar-refractivity contribution is 0.0992. The molecule has 0 aliphatic carbocycles. The van der Waals surface area contributed by atoms with Gasteiger partial charge in [-0.3, -0.25) is 4.79 Å². The summed E-state index contributed by atoms with van der Waals surface area (Å²) in [6, 6.07) is 7.68. The highest BCUT2D eigenvalue weighted by molar-refractivity contribution is 7.09. The van der Waals surface area contributed by atoms with Crippen LogP contribution in [-0.4, -0.2) is 24.9 Å². The third-order valence-corrected chi connectivity index (χ3v) is 3.52. The van der Waals surface area contributed by atoms with Gasteiger partial charge < -0.3 is 4.90 Å². The van der Waals surface area contributed by atoms with Crippen molar-refractivity contribution >= 4 is 22.8 Å². The van der Waals surface area contributed by atoms with E-state index in [1.165, 1.54) is 0 Å². The number of anilines is 1. The van der Waals surface area contributed by atoms with Crippen LogP contribution in [0.15, 0.2) is 29.6 Å². The lowest BCUT2D eigenvalue weighted by Gasteiger charge is -2.12. The number of aromatic nitrogens is 1. The van der Waals surface area contributed by atoms with E-state index in [1.807, 2.05) is 55.6 Å². The van der Waals surface area contributed by atoms with Crippen molar-refractivity contribution in [2.45, 2.75) is 13.3 Å². The largest absolute Gasteiger partial charge is 0.378 e. The smallest absolute Gasteiger partial charge is 0.168 e. The van der Waals surface area contributed by atoms with E-state index in [0.717, 1.165) is 22.0 Å². The quantitative estimate of drug-likeness (QED) is 0.792. The van der Waals surface area contributed by atoms with Crippen molar-refractivity contribution in [3.8, 4) is 0 Å². The van der Waals surface area contributed by atoms with Crippen LogP contribution in [0.25, 0.3) is 0 Å². The number of hydrogen-bond acceptors (Lipinski definition) is 4. The minimum absolute atomic E-state index is 0.115. The first-order valence-electron chi connectivity index (χ1n) is 5.78. The van der Waals surface area contributed by atoms with Crippen LogP contribution in [0, 0.1) is 6.92 Å². The van der Waals surface area contributed by atoms with Gasteiger partial charge in [0.25, 0.3) is 0 Å². The zero-order valence-electron chi connectivity index (χ0n) is 10.8. The Morgan fingerprint density at radius 3 is 2.78 bits per heavy atom. The number of rotatable bonds is 4. The molecule has 2 aromatic rings. The highest BCUT2D eigenvalue weighted by Crippen LogP contribution is 2.16. The van der Waals surface area contributed by atoms with Crippen molar-refractivity contribution in [1.29, 1.82) is 0 Å². The first-order valence-corrected chi connectivity index (χ1v) is 6.66. The Morgan fingerprint density at radius 1 is 1.39 bits per heavy atom. The highest BCUT2D eigenvalue weighted by atomic mass is 32.1. The van der Waals surface area contributed by atoms with Crippen LogP contribution in [-0.2, 0) is 6.42 Å². The molecule has 0 unspecified atom stereocenters. The van der Waals surface area contributed by atoms with Gasteiger partial charge in [0.15, 0.2) is 5.78 Å². The zero-order chi connectivity index (χ0) is 13.1. The molecule has 0 fully saturated rings. The highest BCUT2D eigenvalue weighted by Gasteiger charge is 2.10. The minimum Gasteiger partial charge on any atom is -0.378 e. The summed E-state index contributed by atoms with van der Waals surface area (Å²) in [6.07, 6.45) is 0.376. The summed E-state index contributed by atoms with van der Waals surface area (Å²) in [4.78, 5) is 18.5. The van der Waals surface area contributed by atoms with Gasteiger partial charge in [0.05, 0.1) is 17.1 Å². The van der Waals surface area contributed by atoms with Gasteiger partial charge >= 0.3 is 0 Å². The number of ketones is 1. The summed E-state index contributed by atoms with van der Waals surface area (Å²) in [7, 11) is 3.93. The first-order chi connectivity index (χ1) is 8.56. The lowest BCUT2D eigenvalue weighted by Crippen LogP contribution is -2.10. The second-order valence-electron chi connectivity index (χ2n) is 4.40. The average Bonchev–Trinajstić information content (AvgIpc) is 2.75. The Labute approximate surface area is 111 Å². The molecule has 3 nitrogen and oxygen atoms in total. The minimum atomic E-state index is 0.115. The molecule has 0 radical (unpaired) electrons. The Balaban J connectivity index is 2.16. The molecule has 94 valence electrons. The number of benzene rings is 1. The number of carbonyl (C=O) groups excluding carboxylic acids is 1. The van der Waals surface area contributed by atoms with Crippen LogP contribution in [0.2, 0.25) is 0 Å². The standard InChI is InChI=1S/C14H16N2OS/c1-10-15-12(9-18-10)8-14(17)11-5-4-6-13(7-11)16(2)3/h4-7,9H,8H2,1-3H3. The molecule has 0 saturated heterocycles. The Hall–Kier alpha value is -1.68. The van der Waals surface area contributed by atoms with Gasteiger partial charge in [-0.1, -0.05) is 12.1 Å². The van der Waals surface area contributed by atoms with Crippen molar-refractivity contribution in [2.24, 2.45) is 0 Å². The molecule has 1 aromatic carbocycles. The molecule has 2 rings (SSSR count). The number of aryl methyl sites for hydroxylation is 1. The van der Waals surface area contributed by atoms with Gasteiger partial charge in [0.1, 0.15) is 0 Å². The summed E-state index contributed by atoms with van der Waals surface area (Å²) in [6.45, 7) is 1.95. The second-order valence-corrected chi connectivity index (χ2v) is 5.46. The third kappa shape index (κ3) is 2.96. The van der Waals surface area contributed by atoms with E-state index >= 15 is 0 Å². The fraction of sp³-hybridized carbons (Fsp3) is 0.286. The second kappa shape index (κ2) is 5.31. The maximum atomic E-state index is 12.1. The normalized spacial score (nSPS) is 10.4. The maximum absolute atomic E-state index is 12.1. The van der Waals surface area contributed by atoms with E-state index in [4.69, 9.17) is 0 Å². The van der Waals surface area contributed by atoms with Crippen molar-refractivity contribution in [3.63, 3.8) is 0 Å². The molecule has 0 aliphatic rings. The number of hydrogen-bond donors (Lipinski definition) is 0. The van der Waals surface area contributed by atoms with Crippen molar-refractivity contribution in [2.75, 3.05) is 19.0 Å². The number of Topliss-reactive ketones (excluding diaryl/α,β-unsaturated/α-hetero) is 1. The zero-order valence-corrected chi connectivity index (χ0v) is 11.6. The van der Waals surface area contributed by atoms with Crippen LogP contribution in [0.4, 0.5) is 5.69 Å². The number of nitrogens with zero attached hydrogens (tertiary/aromatic N) is 2. The summed E-state index contributed by atoms with van der Waals surface area (Å²) >= 11 is 1.58. The fourth-order valence-electron chi connectivity index (χ4n) is 1.71.